The van der Waals surface area contributed by atoms with Crippen molar-refractivity contribution in [3.63, 3.8) is 0 Å². The van der Waals surface area contributed by atoms with Crippen LogP contribution in [-0.4, -0.2) is 24.3 Å². The van der Waals surface area contributed by atoms with Gasteiger partial charge in [0.1, 0.15) is 18.9 Å². The molecule has 0 amide bonds. The number of halogens is 1. The minimum atomic E-state index is -1.56. The molecule has 0 spiro atoms. The average molecular weight is 294 g/mol. The van der Waals surface area contributed by atoms with Crippen molar-refractivity contribution in [2.75, 3.05) is 13.2 Å². The van der Waals surface area contributed by atoms with Gasteiger partial charge in [-0.05, 0) is 44.4 Å². The third-order valence-corrected chi connectivity index (χ3v) is 4.46. The third-order valence-electron chi connectivity index (χ3n) is 4.46. The van der Waals surface area contributed by atoms with E-state index in [1.807, 2.05) is 0 Å². The molecule has 1 aromatic rings. The smallest absolute Gasteiger partial charge is 0.314 e. The number of hydrogen-bond donors (Lipinski definition) is 1. The minimum absolute atomic E-state index is 0.383. The molecule has 1 fully saturated rings. The molecule has 1 aromatic carbocycles. The number of benzene rings is 1. The molecule has 2 aliphatic rings. The van der Waals surface area contributed by atoms with Crippen LogP contribution in [0.25, 0.3) is 0 Å². The van der Waals surface area contributed by atoms with E-state index in [4.69, 9.17) is 9.47 Å². The summed E-state index contributed by atoms with van der Waals surface area (Å²) in [6, 6.07) is 3.26. The van der Waals surface area contributed by atoms with E-state index in [1.165, 1.54) is 13.8 Å². The second kappa shape index (κ2) is 4.61. The van der Waals surface area contributed by atoms with Crippen molar-refractivity contribution in [2.45, 2.75) is 44.2 Å². The van der Waals surface area contributed by atoms with Gasteiger partial charge in [-0.3, -0.25) is 4.79 Å². The molecule has 3 rings (SSSR count). The van der Waals surface area contributed by atoms with Gasteiger partial charge in [-0.25, -0.2) is 4.39 Å². The summed E-state index contributed by atoms with van der Waals surface area (Å²) in [4.78, 5) is 11.8. The van der Waals surface area contributed by atoms with E-state index in [0.717, 1.165) is 6.42 Å². The number of alkyl halides is 1. The number of carboxylic acids is 1. The van der Waals surface area contributed by atoms with Crippen molar-refractivity contribution in [3.8, 4) is 11.5 Å². The molecule has 114 valence electrons. The zero-order valence-electron chi connectivity index (χ0n) is 12.2. The Labute approximate surface area is 122 Å². The number of ether oxygens (including phenoxy) is 2. The fraction of sp³-hybridized carbons (Fsp3) is 0.562. The summed E-state index contributed by atoms with van der Waals surface area (Å²) < 4.78 is 25.5. The molecule has 1 N–H and O–H groups in total. The fourth-order valence-electron chi connectivity index (χ4n) is 2.98. The van der Waals surface area contributed by atoms with Crippen molar-refractivity contribution < 1.29 is 23.8 Å². The molecular weight excluding hydrogens is 275 g/mol. The normalized spacial score (nSPS) is 19.8. The summed E-state index contributed by atoms with van der Waals surface area (Å²) in [5.41, 5.74) is -1.55. The zero-order chi connectivity index (χ0) is 15.3. The molecular formula is C16H19FO4. The van der Waals surface area contributed by atoms with E-state index in [9.17, 15) is 14.3 Å². The second-order valence-electron chi connectivity index (χ2n) is 6.26. The molecule has 0 bridgehead atoms. The van der Waals surface area contributed by atoms with Gasteiger partial charge in [0.15, 0.2) is 11.5 Å². The van der Waals surface area contributed by atoms with Gasteiger partial charge in [0.05, 0.1) is 5.41 Å². The lowest BCUT2D eigenvalue weighted by Crippen LogP contribution is -2.43. The fourth-order valence-corrected chi connectivity index (χ4v) is 2.98. The van der Waals surface area contributed by atoms with Gasteiger partial charge in [0, 0.05) is 5.56 Å². The van der Waals surface area contributed by atoms with Crippen LogP contribution < -0.4 is 9.47 Å². The number of aliphatic carboxylic acids is 1. The van der Waals surface area contributed by atoms with Crippen LogP contribution in [0.4, 0.5) is 4.39 Å². The number of carboxylic acid groups (broad SMARTS) is 1. The molecule has 1 aliphatic heterocycles. The standard InChI is InChI=1S/C16H19FO4/c1-15(2,17)10-8-11(16(14(18)19)4-3-5-16)13-12(9-10)20-6-7-21-13/h8-9H,3-7H2,1-2H3,(H,18,19). The molecule has 5 heteroatoms. The quantitative estimate of drug-likeness (QED) is 0.930. The second-order valence-corrected chi connectivity index (χ2v) is 6.26. The highest BCUT2D eigenvalue weighted by atomic mass is 19.1. The van der Waals surface area contributed by atoms with Gasteiger partial charge >= 0.3 is 5.97 Å². The highest BCUT2D eigenvalue weighted by Gasteiger charge is 2.49. The first-order valence-corrected chi connectivity index (χ1v) is 7.21. The van der Waals surface area contributed by atoms with E-state index in [0.29, 0.717) is 48.7 Å². The van der Waals surface area contributed by atoms with Crippen molar-refractivity contribution in [1.82, 2.24) is 0 Å². The molecule has 1 aliphatic carbocycles. The predicted molar refractivity (Wildman–Crippen MR) is 74.7 cm³/mol. The Kier molecular flexibility index (Phi) is 3.11. The highest BCUT2D eigenvalue weighted by Crippen LogP contribution is 2.51. The van der Waals surface area contributed by atoms with Crippen LogP contribution >= 0.6 is 0 Å². The van der Waals surface area contributed by atoms with Crippen LogP contribution in [0, 0.1) is 0 Å². The van der Waals surface area contributed by atoms with Gasteiger partial charge in [-0.15, -0.1) is 0 Å². The van der Waals surface area contributed by atoms with Crippen LogP contribution in [0.5, 0.6) is 11.5 Å². The topological polar surface area (TPSA) is 55.8 Å². The van der Waals surface area contributed by atoms with Crippen molar-refractivity contribution in [3.05, 3.63) is 23.3 Å². The summed E-state index contributed by atoms with van der Waals surface area (Å²) >= 11 is 0. The Morgan fingerprint density at radius 1 is 1.29 bits per heavy atom. The highest BCUT2D eigenvalue weighted by molar-refractivity contribution is 5.84. The van der Waals surface area contributed by atoms with Crippen LogP contribution in [0.15, 0.2) is 12.1 Å². The van der Waals surface area contributed by atoms with Crippen molar-refractivity contribution in [2.24, 2.45) is 0 Å². The van der Waals surface area contributed by atoms with Gasteiger partial charge in [0.25, 0.3) is 0 Å². The molecule has 0 unspecified atom stereocenters. The first-order chi connectivity index (χ1) is 9.84. The summed E-state index contributed by atoms with van der Waals surface area (Å²) in [5.74, 6) is 0.0438. The maximum Gasteiger partial charge on any atom is 0.314 e. The number of rotatable bonds is 3. The Hall–Kier alpha value is -1.78. The molecule has 0 saturated heterocycles. The van der Waals surface area contributed by atoms with E-state index in [2.05, 4.69) is 0 Å². The van der Waals surface area contributed by atoms with E-state index in [1.54, 1.807) is 12.1 Å². The maximum atomic E-state index is 14.3. The van der Waals surface area contributed by atoms with Crippen LogP contribution in [-0.2, 0) is 15.9 Å². The van der Waals surface area contributed by atoms with Crippen LogP contribution in [0.1, 0.15) is 44.2 Å². The van der Waals surface area contributed by atoms with Gasteiger partial charge in [-0.1, -0.05) is 6.42 Å². The first-order valence-electron chi connectivity index (χ1n) is 7.21. The van der Waals surface area contributed by atoms with Crippen molar-refractivity contribution in [1.29, 1.82) is 0 Å². The van der Waals surface area contributed by atoms with Crippen LogP contribution in [0.2, 0.25) is 0 Å². The molecule has 0 atom stereocenters. The SMILES string of the molecule is CC(C)(F)c1cc2c(c(C3(C(=O)O)CCC3)c1)OCCO2. The molecule has 1 heterocycles. The Morgan fingerprint density at radius 2 is 1.95 bits per heavy atom. The largest absolute Gasteiger partial charge is 0.486 e. The lowest BCUT2D eigenvalue weighted by molar-refractivity contribution is -0.147. The van der Waals surface area contributed by atoms with Gasteiger partial charge in [0.2, 0.25) is 0 Å². The number of carbonyl (C=O) groups is 1. The lowest BCUT2D eigenvalue weighted by Gasteiger charge is -2.40. The summed E-state index contributed by atoms with van der Waals surface area (Å²) in [5, 5.41) is 9.64. The monoisotopic (exact) mass is 294 g/mol. The summed E-state index contributed by atoms with van der Waals surface area (Å²) in [7, 11) is 0. The minimum Gasteiger partial charge on any atom is -0.486 e. The van der Waals surface area contributed by atoms with Gasteiger partial charge < -0.3 is 14.6 Å². The Bertz CT molecular complexity index is 585. The Morgan fingerprint density at radius 3 is 2.48 bits per heavy atom. The maximum absolute atomic E-state index is 14.3. The van der Waals surface area contributed by atoms with E-state index in [-0.39, 0.29) is 0 Å². The van der Waals surface area contributed by atoms with Crippen LogP contribution in [0.3, 0.4) is 0 Å². The summed E-state index contributed by atoms with van der Waals surface area (Å²) in [6.45, 7) is 3.68. The first kappa shape index (κ1) is 14.2. The molecule has 4 nitrogen and oxygen atoms in total. The molecule has 21 heavy (non-hydrogen) atoms. The lowest BCUT2D eigenvalue weighted by atomic mass is 9.63. The predicted octanol–water partition coefficient (Wildman–Crippen LogP) is 3.17. The molecule has 0 radical (unpaired) electrons. The number of hydrogen-bond acceptors (Lipinski definition) is 3. The van der Waals surface area contributed by atoms with Crippen molar-refractivity contribution >= 4 is 5.97 Å². The van der Waals surface area contributed by atoms with E-state index >= 15 is 0 Å². The molecule has 1 saturated carbocycles. The van der Waals surface area contributed by atoms with Gasteiger partial charge in [-0.2, -0.15) is 0 Å². The summed E-state index contributed by atoms with van der Waals surface area (Å²) in [6.07, 6.45) is 1.95. The zero-order valence-corrected chi connectivity index (χ0v) is 12.2. The van der Waals surface area contributed by atoms with E-state index < -0.39 is 17.1 Å². The third kappa shape index (κ3) is 2.15. The molecule has 0 aromatic heterocycles. The average Bonchev–Trinajstić information content (AvgIpc) is 2.35. The number of fused-ring (bicyclic) bond motifs is 1. The Balaban J connectivity index is 2.20.